The van der Waals surface area contributed by atoms with Crippen LogP contribution in [0.2, 0.25) is 0 Å². The summed E-state index contributed by atoms with van der Waals surface area (Å²) in [7, 11) is 0. The molecule has 0 radical (unpaired) electrons. The van der Waals surface area contributed by atoms with Crippen molar-refractivity contribution in [2.45, 2.75) is 6.61 Å². The number of halogens is 2. The fraction of sp³-hybridized carbons (Fsp3) is 0.100. The average Bonchev–Trinajstić information content (AvgIpc) is 2.64. The van der Waals surface area contributed by atoms with Crippen molar-refractivity contribution in [1.82, 2.24) is 4.98 Å². The lowest BCUT2D eigenvalue weighted by Crippen LogP contribution is -1.94. The Labute approximate surface area is 94.0 Å². The molecule has 0 aliphatic heterocycles. The molecule has 2 aromatic rings. The van der Waals surface area contributed by atoms with E-state index in [1.54, 1.807) is 12.1 Å². The van der Waals surface area contributed by atoms with Crippen molar-refractivity contribution >= 4 is 15.9 Å². The van der Waals surface area contributed by atoms with Gasteiger partial charge in [-0.1, -0.05) is 0 Å². The normalized spacial score (nSPS) is 10.3. The Kier molecular flexibility index (Phi) is 3.01. The Morgan fingerprint density at radius 3 is 2.80 bits per heavy atom. The van der Waals surface area contributed by atoms with Gasteiger partial charge in [0, 0.05) is 0 Å². The van der Waals surface area contributed by atoms with Crippen LogP contribution in [0.5, 0.6) is 5.75 Å². The summed E-state index contributed by atoms with van der Waals surface area (Å²) in [6.45, 7) is 0.291. The maximum Gasteiger partial charge on any atom is 0.213 e. The lowest BCUT2D eigenvalue weighted by molar-refractivity contribution is 0.266. The average molecular weight is 272 g/mol. The molecule has 2 aromatic heterocycles. The lowest BCUT2D eigenvalue weighted by atomic mass is 10.4. The van der Waals surface area contributed by atoms with Gasteiger partial charge >= 0.3 is 0 Å². The highest BCUT2D eigenvalue weighted by Gasteiger charge is 2.01. The van der Waals surface area contributed by atoms with Gasteiger partial charge in [0.15, 0.2) is 4.67 Å². The molecular weight excluding hydrogens is 265 g/mol. The zero-order valence-electron chi connectivity index (χ0n) is 7.61. The molecule has 0 aliphatic rings. The number of nitrogens with zero attached hydrogens (tertiary/aromatic N) is 1. The van der Waals surface area contributed by atoms with Crippen LogP contribution in [0.1, 0.15) is 5.76 Å². The van der Waals surface area contributed by atoms with E-state index in [0.29, 0.717) is 22.8 Å². The summed E-state index contributed by atoms with van der Waals surface area (Å²) in [5.41, 5.74) is 0. The van der Waals surface area contributed by atoms with E-state index in [9.17, 15) is 4.39 Å². The topological polar surface area (TPSA) is 35.3 Å². The van der Waals surface area contributed by atoms with Gasteiger partial charge in [-0.3, -0.25) is 0 Å². The number of ether oxygens (including phenoxy) is 1. The molecule has 0 N–H and O–H groups in total. The van der Waals surface area contributed by atoms with Gasteiger partial charge in [0.25, 0.3) is 0 Å². The van der Waals surface area contributed by atoms with E-state index in [0.717, 1.165) is 0 Å². The second-order valence-electron chi connectivity index (χ2n) is 2.81. The molecule has 0 atom stereocenters. The standard InChI is InChI=1S/C10H7BrFNO2/c11-9-3-1-8(15-9)6-14-7-2-4-10(12)13-5-7/h1-5H,6H2. The van der Waals surface area contributed by atoms with Crippen LogP contribution in [-0.4, -0.2) is 4.98 Å². The van der Waals surface area contributed by atoms with Crippen molar-refractivity contribution in [3.8, 4) is 5.75 Å². The fourth-order valence-electron chi connectivity index (χ4n) is 1.03. The Hall–Kier alpha value is -1.36. The number of hydrogen-bond donors (Lipinski definition) is 0. The van der Waals surface area contributed by atoms with Crippen LogP contribution < -0.4 is 4.74 Å². The van der Waals surface area contributed by atoms with E-state index < -0.39 is 5.95 Å². The third kappa shape index (κ3) is 2.79. The zero-order chi connectivity index (χ0) is 10.7. The van der Waals surface area contributed by atoms with Crippen LogP contribution in [0, 0.1) is 5.95 Å². The molecule has 15 heavy (non-hydrogen) atoms. The van der Waals surface area contributed by atoms with Crippen molar-refractivity contribution in [1.29, 1.82) is 0 Å². The van der Waals surface area contributed by atoms with E-state index in [1.807, 2.05) is 0 Å². The first-order valence-electron chi connectivity index (χ1n) is 4.22. The smallest absolute Gasteiger partial charge is 0.213 e. The molecule has 0 aromatic carbocycles. The van der Waals surface area contributed by atoms with Crippen LogP contribution in [-0.2, 0) is 6.61 Å². The van der Waals surface area contributed by atoms with E-state index in [4.69, 9.17) is 9.15 Å². The van der Waals surface area contributed by atoms with E-state index in [1.165, 1.54) is 18.3 Å². The highest BCUT2D eigenvalue weighted by molar-refractivity contribution is 9.10. The van der Waals surface area contributed by atoms with Crippen molar-refractivity contribution < 1.29 is 13.5 Å². The van der Waals surface area contributed by atoms with Gasteiger partial charge in [0.1, 0.15) is 18.1 Å². The summed E-state index contributed by atoms with van der Waals surface area (Å²) >= 11 is 3.18. The van der Waals surface area contributed by atoms with Crippen molar-refractivity contribution in [2.24, 2.45) is 0 Å². The lowest BCUT2D eigenvalue weighted by Gasteiger charge is -2.02. The van der Waals surface area contributed by atoms with Crippen molar-refractivity contribution in [2.75, 3.05) is 0 Å². The van der Waals surface area contributed by atoms with Gasteiger partial charge in [-0.2, -0.15) is 4.39 Å². The molecule has 5 heteroatoms. The van der Waals surface area contributed by atoms with Crippen LogP contribution in [0.3, 0.4) is 0 Å². The summed E-state index contributed by atoms with van der Waals surface area (Å²) < 4.78 is 23.7. The molecule has 0 saturated carbocycles. The van der Waals surface area contributed by atoms with E-state index in [-0.39, 0.29) is 0 Å². The van der Waals surface area contributed by atoms with Crippen molar-refractivity contribution in [3.63, 3.8) is 0 Å². The first kappa shape index (κ1) is 10.2. The minimum Gasteiger partial charge on any atom is -0.484 e. The molecule has 2 heterocycles. The number of rotatable bonds is 3. The summed E-state index contributed by atoms with van der Waals surface area (Å²) in [6, 6.07) is 6.33. The minimum absolute atomic E-state index is 0.291. The molecule has 0 fully saturated rings. The summed E-state index contributed by atoms with van der Waals surface area (Å²) in [4.78, 5) is 3.47. The quantitative estimate of drug-likeness (QED) is 0.805. The molecule has 0 aliphatic carbocycles. The zero-order valence-corrected chi connectivity index (χ0v) is 9.20. The third-order valence-corrected chi connectivity index (χ3v) is 2.14. The van der Waals surface area contributed by atoms with Crippen LogP contribution in [0.25, 0.3) is 0 Å². The van der Waals surface area contributed by atoms with Crippen LogP contribution >= 0.6 is 15.9 Å². The van der Waals surface area contributed by atoms with Crippen LogP contribution in [0.4, 0.5) is 4.39 Å². The van der Waals surface area contributed by atoms with Gasteiger partial charge in [0.05, 0.1) is 6.20 Å². The Morgan fingerprint density at radius 2 is 2.20 bits per heavy atom. The fourth-order valence-corrected chi connectivity index (χ4v) is 1.37. The van der Waals surface area contributed by atoms with E-state index >= 15 is 0 Å². The Bertz CT molecular complexity index is 441. The predicted octanol–water partition coefficient (Wildman–Crippen LogP) is 3.16. The summed E-state index contributed by atoms with van der Waals surface area (Å²) in [5, 5.41) is 0. The highest BCUT2D eigenvalue weighted by atomic mass is 79.9. The van der Waals surface area contributed by atoms with Crippen molar-refractivity contribution in [3.05, 3.63) is 46.8 Å². The first-order chi connectivity index (χ1) is 7.24. The molecule has 78 valence electrons. The Morgan fingerprint density at radius 1 is 1.33 bits per heavy atom. The maximum absolute atomic E-state index is 12.5. The van der Waals surface area contributed by atoms with Gasteiger partial charge in [-0.25, -0.2) is 4.98 Å². The maximum atomic E-state index is 12.5. The molecule has 0 unspecified atom stereocenters. The third-order valence-electron chi connectivity index (χ3n) is 1.71. The number of furan rings is 1. The highest BCUT2D eigenvalue weighted by Crippen LogP contribution is 2.16. The van der Waals surface area contributed by atoms with Gasteiger partial charge in [0.2, 0.25) is 5.95 Å². The molecule has 0 bridgehead atoms. The molecule has 2 rings (SSSR count). The monoisotopic (exact) mass is 271 g/mol. The largest absolute Gasteiger partial charge is 0.484 e. The van der Waals surface area contributed by atoms with Gasteiger partial charge in [-0.05, 0) is 40.2 Å². The van der Waals surface area contributed by atoms with Gasteiger partial charge < -0.3 is 9.15 Å². The van der Waals surface area contributed by atoms with E-state index in [2.05, 4.69) is 20.9 Å². The van der Waals surface area contributed by atoms with Gasteiger partial charge in [-0.15, -0.1) is 0 Å². The second-order valence-corrected chi connectivity index (χ2v) is 3.59. The molecule has 0 spiro atoms. The molecule has 3 nitrogen and oxygen atoms in total. The minimum atomic E-state index is -0.525. The molecular formula is C10H7BrFNO2. The van der Waals surface area contributed by atoms with Crippen LogP contribution in [0.15, 0.2) is 39.5 Å². The molecule has 0 saturated heterocycles. The summed E-state index contributed by atoms with van der Waals surface area (Å²) in [6.07, 6.45) is 1.33. The molecule has 0 amide bonds. The summed E-state index contributed by atoms with van der Waals surface area (Å²) in [5.74, 6) is 0.665. The number of hydrogen-bond acceptors (Lipinski definition) is 3. The second kappa shape index (κ2) is 4.44. The number of pyridine rings is 1. The number of aromatic nitrogens is 1. The first-order valence-corrected chi connectivity index (χ1v) is 5.02. The predicted molar refractivity (Wildman–Crippen MR) is 54.9 cm³/mol. The Balaban J connectivity index is 1.96. The SMILES string of the molecule is Fc1ccc(OCc2ccc(Br)o2)cn1.